The number of rotatable bonds is 7. The molecule has 3 atom stereocenters. The Balaban J connectivity index is 1.11. The summed E-state index contributed by atoms with van der Waals surface area (Å²) >= 11 is 0. The molecule has 3 fully saturated rings. The predicted molar refractivity (Wildman–Crippen MR) is 126 cm³/mol. The maximum atomic E-state index is 13.5. The highest BCUT2D eigenvalue weighted by Crippen LogP contribution is 2.37. The summed E-state index contributed by atoms with van der Waals surface area (Å²) in [5, 5.41) is 14.4. The number of nitrogens with one attached hydrogen (secondary N) is 1. The van der Waals surface area contributed by atoms with Crippen LogP contribution in [0.25, 0.3) is 0 Å². The van der Waals surface area contributed by atoms with Crippen molar-refractivity contribution in [2.45, 2.75) is 50.0 Å². The van der Waals surface area contributed by atoms with Gasteiger partial charge in [-0.3, -0.25) is 9.59 Å². The van der Waals surface area contributed by atoms with Crippen LogP contribution in [-0.2, 0) is 15.7 Å². The van der Waals surface area contributed by atoms with Crippen LogP contribution < -0.4 is 15.4 Å². The first kappa shape index (κ1) is 25.0. The zero-order chi connectivity index (χ0) is 26.2. The number of nitrogens with zero attached hydrogens (tertiary/aromatic N) is 6. The van der Waals surface area contributed by atoms with Gasteiger partial charge in [0.05, 0.1) is 55.2 Å². The van der Waals surface area contributed by atoms with E-state index in [0.717, 1.165) is 18.4 Å². The lowest BCUT2D eigenvalue weighted by Gasteiger charge is -2.35. The molecule has 5 rings (SSSR count). The summed E-state index contributed by atoms with van der Waals surface area (Å²) in [6, 6.07) is 5.54. The quantitative estimate of drug-likeness (QED) is 0.554. The van der Waals surface area contributed by atoms with Crippen molar-refractivity contribution in [3.05, 3.63) is 46.0 Å². The second-order valence-electron chi connectivity index (χ2n) is 9.53. The summed E-state index contributed by atoms with van der Waals surface area (Å²) in [7, 11) is 0. The number of hydrogen-bond donors (Lipinski definition) is 1. The number of ether oxygens (including phenoxy) is 1. The molecule has 3 saturated heterocycles. The van der Waals surface area contributed by atoms with Crippen molar-refractivity contribution in [1.82, 2.24) is 20.1 Å². The third-order valence-corrected chi connectivity index (χ3v) is 7.31. The molecule has 5 heterocycles. The van der Waals surface area contributed by atoms with Crippen LogP contribution in [0.3, 0.4) is 0 Å². The van der Waals surface area contributed by atoms with Crippen LogP contribution in [0.2, 0.25) is 0 Å². The summed E-state index contributed by atoms with van der Waals surface area (Å²) in [5.41, 5.74) is -2.26. The Labute approximate surface area is 210 Å². The molecular weight excluding hydrogens is 491 g/mol. The van der Waals surface area contributed by atoms with Gasteiger partial charge in [0.15, 0.2) is 0 Å². The number of aromatic amines is 1. The Morgan fingerprint density at radius 1 is 1.22 bits per heavy atom. The van der Waals surface area contributed by atoms with Crippen molar-refractivity contribution < 1.29 is 22.7 Å². The molecule has 3 aliphatic rings. The van der Waals surface area contributed by atoms with Crippen molar-refractivity contribution in [1.29, 1.82) is 5.26 Å². The number of alkyl halides is 3. The normalized spacial score (nSPS) is 23.1. The molecule has 13 heteroatoms. The van der Waals surface area contributed by atoms with E-state index in [2.05, 4.69) is 21.1 Å². The molecule has 0 saturated carbocycles. The molecule has 10 nitrogen and oxygen atoms in total. The fraction of sp³-hybridized carbons (Fsp3) is 0.542. The molecule has 37 heavy (non-hydrogen) atoms. The standard InChI is InChI=1S/C24H26F3N7O3/c25-24(26,27)22-19(11-30-31-23(22)36)32-6-1-2-16(32)14-37-7-5-21(35)34-13-17-8-18(34)12-33(17)20-4-3-15(9-28)10-29-20/h3-4,10-11,16-18H,1-2,5-8,12-14H2,(H,31,36)/t16?,17-,18-/m1/s1. The molecule has 196 valence electrons. The minimum absolute atomic E-state index is 0.0126. The number of hydrogen-bond acceptors (Lipinski definition) is 8. The number of nitriles is 1. The number of piperazine rings is 1. The van der Waals surface area contributed by atoms with Gasteiger partial charge in [-0.25, -0.2) is 10.1 Å². The number of amides is 1. The lowest BCUT2D eigenvalue weighted by Crippen LogP contribution is -2.49. The lowest BCUT2D eigenvalue weighted by atomic mass is 10.2. The van der Waals surface area contributed by atoms with Crippen molar-refractivity contribution in [2.75, 3.05) is 42.6 Å². The van der Waals surface area contributed by atoms with Crippen molar-refractivity contribution in [2.24, 2.45) is 0 Å². The summed E-state index contributed by atoms with van der Waals surface area (Å²) in [5.74, 6) is 0.786. The van der Waals surface area contributed by atoms with Gasteiger partial charge in [-0.2, -0.15) is 23.5 Å². The van der Waals surface area contributed by atoms with E-state index in [1.165, 1.54) is 4.90 Å². The van der Waals surface area contributed by atoms with E-state index >= 15 is 0 Å². The van der Waals surface area contributed by atoms with Gasteiger partial charge in [0, 0.05) is 25.8 Å². The SMILES string of the molecule is N#Cc1ccc(N2C[C@H]3C[C@@H]2CN3C(=O)CCOCC2CCCN2c2cn[nH]c(=O)c2C(F)(F)F)nc1. The zero-order valence-corrected chi connectivity index (χ0v) is 19.9. The predicted octanol–water partition coefficient (Wildman–Crippen LogP) is 1.92. The van der Waals surface area contributed by atoms with E-state index in [4.69, 9.17) is 10.00 Å². The second kappa shape index (κ2) is 10.0. The highest BCUT2D eigenvalue weighted by molar-refractivity contribution is 5.77. The monoisotopic (exact) mass is 517 g/mol. The minimum Gasteiger partial charge on any atom is -0.379 e. The topological polar surface area (TPSA) is 118 Å². The molecule has 3 aliphatic heterocycles. The Hall–Kier alpha value is -3.66. The second-order valence-corrected chi connectivity index (χ2v) is 9.53. The average molecular weight is 518 g/mol. The fourth-order valence-corrected chi connectivity index (χ4v) is 5.60. The van der Waals surface area contributed by atoms with Crippen molar-refractivity contribution in [3.8, 4) is 6.07 Å². The summed E-state index contributed by atoms with van der Waals surface area (Å²) < 4.78 is 46.2. The third kappa shape index (κ3) is 4.98. The van der Waals surface area contributed by atoms with E-state index in [9.17, 15) is 22.8 Å². The smallest absolute Gasteiger partial charge is 0.379 e. The number of pyridine rings is 1. The molecule has 1 amide bonds. The van der Waals surface area contributed by atoms with E-state index in [0.29, 0.717) is 38.0 Å². The van der Waals surface area contributed by atoms with Gasteiger partial charge in [0.25, 0.3) is 5.56 Å². The molecule has 1 unspecified atom stereocenters. The highest BCUT2D eigenvalue weighted by Gasteiger charge is 2.45. The average Bonchev–Trinajstić information content (AvgIpc) is 3.62. The number of aromatic nitrogens is 3. The highest BCUT2D eigenvalue weighted by atomic mass is 19.4. The summed E-state index contributed by atoms with van der Waals surface area (Å²) in [6.45, 7) is 1.96. The van der Waals surface area contributed by atoms with Gasteiger partial charge in [-0.05, 0) is 31.4 Å². The molecule has 2 bridgehead atoms. The third-order valence-electron chi connectivity index (χ3n) is 7.31. The fourth-order valence-electron chi connectivity index (χ4n) is 5.60. The molecule has 2 aromatic rings. The number of carbonyl (C=O) groups is 1. The van der Waals surface area contributed by atoms with Gasteiger partial charge >= 0.3 is 6.18 Å². The van der Waals surface area contributed by atoms with Gasteiger partial charge in [-0.15, -0.1) is 0 Å². The van der Waals surface area contributed by atoms with E-state index in [1.54, 1.807) is 12.3 Å². The van der Waals surface area contributed by atoms with Crippen LogP contribution >= 0.6 is 0 Å². The van der Waals surface area contributed by atoms with Crippen LogP contribution in [0, 0.1) is 11.3 Å². The summed E-state index contributed by atoms with van der Waals surface area (Å²) in [4.78, 5) is 34.6. The number of anilines is 2. The van der Waals surface area contributed by atoms with Gasteiger partial charge in [0.2, 0.25) is 5.91 Å². The van der Waals surface area contributed by atoms with Crippen LogP contribution in [0.15, 0.2) is 29.3 Å². The van der Waals surface area contributed by atoms with Gasteiger partial charge in [0.1, 0.15) is 17.5 Å². The van der Waals surface area contributed by atoms with E-state index in [-0.39, 0.29) is 49.4 Å². The van der Waals surface area contributed by atoms with Crippen molar-refractivity contribution >= 4 is 17.4 Å². The molecule has 0 spiro atoms. The Morgan fingerprint density at radius 2 is 2.05 bits per heavy atom. The molecule has 0 aliphatic carbocycles. The zero-order valence-electron chi connectivity index (χ0n) is 19.9. The minimum atomic E-state index is -4.80. The first-order valence-corrected chi connectivity index (χ1v) is 12.2. The van der Waals surface area contributed by atoms with Gasteiger partial charge < -0.3 is 19.4 Å². The first-order valence-electron chi connectivity index (χ1n) is 12.2. The molecule has 1 N–H and O–H groups in total. The number of fused-ring (bicyclic) bond motifs is 2. The maximum absolute atomic E-state index is 13.5. The summed E-state index contributed by atoms with van der Waals surface area (Å²) in [6.07, 6.45) is 0.107. The Bertz CT molecular complexity index is 1240. The van der Waals surface area contributed by atoms with Crippen LogP contribution in [0.1, 0.15) is 36.8 Å². The van der Waals surface area contributed by atoms with Crippen molar-refractivity contribution in [3.63, 3.8) is 0 Å². The van der Waals surface area contributed by atoms with Crippen LogP contribution in [-0.4, -0.2) is 77.0 Å². The largest absolute Gasteiger partial charge is 0.423 e. The van der Waals surface area contributed by atoms with Gasteiger partial charge in [-0.1, -0.05) is 0 Å². The first-order chi connectivity index (χ1) is 17.8. The molecule has 2 aromatic heterocycles. The number of halogens is 3. The van der Waals surface area contributed by atoms with Crippen LogP contribution in [0.4, 0.5) is 24.7 Å². The number of carbonyl (C=O) groups excluding carboxylic acids is 1. The van der Waals surface area contributed by atoms with Crippen LogP contribution in [0.5, 0.6) is 0 Å². The van der Waals surface area contributed by atoms with E-state index < -0.39 is 17.3 Å². The number of likely N-dealkylation sites (tertiary alicyclic amines) is 1. The number of H-pyrrole nitrogens is 1. The molecule has 0 aromatic carbocycles. The lowest BCUT2D eigenvalue weighted by molar-refractivity contribution is -0.138. The Kier molecular flexibility index (Phi) is 6.76. The molecular formula is C24H26F3N7O3. The van der Waals surface area contributed by atoms with E-state index in [1.807, 2.05) is 16.1 Å². The maximum Gasteiger partial charge on any atom is 0.423 e. The Morgan fingerprint density at radius 3 is 2.73 bits per heavy atom. The molecule has 0 radical (unpaired) electrons.